The second-order valence-corrected chi connectivity index (χ2v) is 5.42. The van der Waals surface area contributed by atoms with Gasteiger partial charge in [0.05, 0.1) is 11.6 Å². The van der Waals surface area contributed by atoms with Crippen LogP contribution in [0.25, 0.3) is 11.5 Å². The van der Waals surface area contributed by atoms with E-state index in [0.717, 1.165) is 30.4 Å². The molecule has 0 spiro atoms. The number of hydrogen-bond donors (Lipinski definition) is 1. The number of rotatable bonds is 2. The Bertz CT molecular complexity index is 705. The first-order valence-corrected chi connectivity index (χ1v) is 7.48. The predicted molar refractivity (Wildman–Crippen MR) is 77.4 cm³/mol. The van der Waals surface area contributed by atoms with Gasteiger partial charge in [-0.25, -0.2) is 4.98 Å². The first kappa shape index (κ1) is 11.7. The molecule has 1 unspecified atom stereocenters. The maximum atomic E-state index is 4.39. The molecule has 0 saturated heterocycles. The Labute approximate surface area is 120 Å². The zero-order chi connectivity index (χ0) is 13.4. The maximum absolute atomic E-state index is 4.39. The molecule has 6 heteroatoms. The molecule has 0 fully saturated rings. The van der Waals surface area contributed by atoms with Gasteiger partial charge in [0.2, 0.25) is 0 Å². The van der Waals surface area contributed by atoms with Crippen LogP contribution in [0.3, 0.4) is 0 Å². The van der Waals surface area contributed by atoms with Crippen LogP contribution in [0.5, 0.6) is 0 Å². The molecular formula is C14H13N5S. The largest absolute Gasteiger partial charge is 0.307 e. The molecule has 3 aromatic rings. The summed E-state index contributed by atoms with van der Waals surface area (Å²) in [5, 5.41) is 14.2. The van der Waals surface area contributed by atoms with E-state index in [2.05, 4.69) is 37.2 Å². The van der Waals surface area contributed by atoms with Gasteiger partial charge in [0.15, 0.2) is 11.6 Å². The Hall–Kier alpha value is -2.05. The highest BCUT2D eigenvalue weighted by Crippen LogP contribution is 2.27. The SMILES string of the molecule is c1ccc(C2NCCn3c(-c4cscn4)nnc32)cc1. The normalized spacial score (nSPS) is 17.9. The van der Waals surface area contributed by atoms with Crippen molar-refractivity contribution in [1.82, 2.24) is 25.1 Å². The Morgan fingerprint density at radius 2 is 2.10 bits per heavy atom. The van der Waals surface area contributed by atoms with E-state index in [1.807, 2.05) is 29.1 Å². The number of aromatic nitrogens is 4. The van der Waals surface area contributed by atoms with Gasteiger partial charge in [-0.1, -0.05) is 30.3 Å². The van der Waals surface area contributed by atoms with Crippen LogP contribution in [0.4, 0.5) is 0 Å². The summed E-state index contributed by atoms with van der Waals surface area (Å²) < 4.78 is 2.17. The van der Waals surface area contributed by atoms with Crippen molar-refractivity contribution < 1.29 is 0 Å². The van der Waals surface area contributed by atoms with Crippen molar-refractivity contribution in [3.63, 3.8) is 0 Å². The summed E-state index contributed by atoms with van der Waals surface area (Å²) in [5.74, 6) is 1.83. The van der Waals surface area contributed by atoms with E-state index >= 15 is 0 Å². The van der Waals surface area contributed by atoms with Crippen LogP contribution in [-0.4, -0.2) is 26.3 Å². The number of nitrogens with one attached hydrogen (secondary N) is 1. The molecule has 1 atom stereocenters. The minimum absolute atomic E-state index is 0.102. The summed E-state index contributed by atoms with van der Waals surface area (Å²) in [6, 6.07) is 10.5. The van der Waals surface area contributed by atoms with Gasteiger partial charge < -0.3 is 9.88 Å². The number of nitrogens with zero attached hydrogens (tertiary/aromatic N) is 4. The Balaban J connectivity index is 1.80. The predicted octanol–water partition coefficient (Wildman–Crippen LogP) is 2.09. The van der Waals surface area contributed by atoms with Crippen LogP contribution in [0.1, 0.15) is 17.4 Å². The summed E-state index contributed by atoms with van der Waals surface area (Å²) in [5.41, 5.74) is 3.94. The molecule has 1 aliphatic rings. The fraction of sp³-hybridized carbons (Fsp3) is 0.214. The van der Waals surface area contributed by atoms with Gasteiger partial charge in [0.25, 0.3) is 0 Å². The topological polar surface area (TPSA) is 55.6 Å². The van der Waals surface area contributed by atoms with Crippen molar-refractivity contribution in [2.75, 3.05) is 6.54 Å². The highest BCUT2D eigenvalue weighted by Gasteiger charge is 2.26. The Morgan fingerprint density at radius 1 is 1.20 bits per heavy atom. The third-order valence-corrected chi connectivity index (χ3v) is 4.10. The molecule has 0 aliphatic carbocycles. The monoisotopic (exact) mass is 283 g/mol. The van der Waals surface area contributed by atoms with Crippen molar-refractivity contribution in [3.05, 3.63) is 52.6 Å². The van der Waals surface area contributed by atoms with Gasteiger partial charge in [0.1, 0.15) is 5.69 Å². The lowest BCUT2D eigenvalue weighted by Gasteiger charge is -2.25. The molecule has 0 radical (unpaired) electrons. The highest BCUT2D eigenvalue weighted by atomic mass is 32.1. The zero-order valence-corrected chi connectivity index (χ0v) is 11.5. The third kappa shape index (κ3) is 1.85. The minimum atomic E-state index is 0.102. The van der Waals surface area contributed by atoms with Crippen LogP contribution in [0, 0.1) is 0 Å². The molecular weight excluding hydrogens is 270 g/mol. The van der Waals surface area contributed by atoms with E-state index in [9.17, 15) is 0 Å². The summed E-state index contributed by atoms with van der Waals surface area (Å²) >= 11 is 1.58. The first-order chi connectivity index (χ1) is 9.93. The molecule has 5 nitrogen and oxygen atoms in total. The number of fused-ring (bicyclic) bond motifs is 1. The Morgan fingerprint density at radius 3 is 2.90 bits per heavy atom. The molecule has 0 saturated carbocycles. The fourth-order valence-electron chi connectivity index (χ4n) is 2.59. The number of thiazole rings is 1. The molecule has 4 rings (SSSR count). The quantitative estimate of drug-likeness (QED) is 0.782. The second-order valence-electron chi connectivity index (χ2n) is 4.70. The lowest BCUT2D eigenvalue weighted by Crippen LogP contribution is -2.34. The second kappa shape index (κ2) is 4.81. The molecule has 1 aliphatic heterocycles. The number of benzene rings is 1. The molecule has 1 aromatic carbocycles. The summed E-state index contributed by atoms with van der Waals surface area (Å²) in [6.07, 6.45) is 0. The molecule has 100 valence electrons. The van der Waals surface area contributed by atoms with Crippen LogP contribution in [-0.2, 0) is 6.54 Å². The summed E-state index contributed by atoms with van der Waals surface area (Å²) in [6.45, 7) is 1.78. The lowest BCUT2D eigenvalue weighted by molar-refractivity contribution is 0.458. The highest BCUT2D eigenvalue weighted by molar-refractivity contribution is 7.07. The zero-order valence-electron chi connectivity index (χ0n) is 10.7. The molecule has 2 aromatic heterocycles. The third-order valence-electron chi connectivity index (χ3n) is 3.52. The standard InChI is InChI=1S/C14H13N5S/c1-2-4-10(5-3-1)12-14-18-17-13(11-8-20-9-16-11)19(14)7-6-15-12/h1-5,8-9,12,15H,6-7H2. The average Bonchev–Trinajstić information content (AvgIpc) is 3.16. The Kier molecular flexibility index (Phi) is 2.82. The smallest absolute Gasteiger partial charge is 0.183 e. The summed E-state index contributed by atoms with van der Waals surface area (Å²) in [4.78, 5) is 4.34. The van der Waals surface area contributed by atoms with E-state index in [1.54, 1.807) is 11.3 Å². The first-order valence-electron chi connectivity index (χ1n) is 6.53. The minimum Gasteiger partial charge on any atom is -0.307 e. The van der Waals surface area contributed by atoms with Crippen molar-refractivity contribution in [2.24, 2.45) is 0 Å². The maximum Gasteiger partial charge on any atom is 0.183 e. The van der Waals surface area contributed by atoms with Crippen molar-refractivity contribution in [2.45, 2.75) is 12.6 Å². The molecule has 3 heterocycles. The van der Waals surface area contributed by atoms with Crippen LogP contribution in [0.2, 0.25) is 0 Å². The van der Waals surface area contributed by atoms with E-state index in [-0.39, 0.29) is 6.04 Å². The van der Waals surface area contributed by atoms with Gasteiger partial charge in [-0.05, 0) is 5.56 Å². The average molecular weight is 283 g/mol. The van der Waals surface area contributed by atoms with Crippen molar-refractivity contribution in [1.29, 1.82) is 0 Å². The van der Waals surface area contributed by atoms with Crippen molar-refractivity contribution in [3.8, 4) is 11.5 Å². The number of hydrogen-bond acceptors (Lipinski definition) is 5. The molecule has 0 bridgehead atoms. The summed E-state index contributed by atoms with van der Waals surface area (Å²) in [7, 11) is 0. The van der Waals surface area contributed by atoms with Gasteiger partial charge in [-0.3, -0.25) is 0 Å². The van der Waals surface area contributed by atoms with Gasteiger partial charge in [0, 0.05) is 18.5 Å². The molecule has 0 amide bonds. The van der Waals surface area contributed by atoms with E-state index in [0.29, 0.717) is 0 Å². The lowest BCUT2D eigenvalue weighted by atomic mass is 10.0. The van der Waals surface area contributed by atoms with E-state index < -0.39 is 0 Å². The van der Waals surface area contributed by atoms with Crippen LogP contribution >= 0.6 is 11.3 Å². The van der Waals surface area contributed by atoms with E-state index in [4.69, 9.17) is 0 Å². The van der Waals surface area contributed by atoms with E-state index in [1.165, 1.54) is 5.56 Å². The molecule has 1 N–H and O–H groups in total. The van der Waals surface area contributed by atoms with Crippen LogP contribution < -0.4 is 5.32 Å². The fourth-order valence-corrected chi connectivity index (χ4v) is 3.12. The van der Waals surface area contributed by atoms with Gasteiger partial charge in [-0.2, -0.15) is 0 Å². The van der Waals surface area contributed by atoms with Crippen LogP contribution in [0.15, 0.2) is 41.2 Å². The van der Waals surface area contributed by atoms with Gasteiger partial charge >= 0.3 is 0 Å². The van der Waals surface area contributed by atoms with Crippen molar-refractivity contribution >= 4 is 11.3 Å². The molecule has 20 heavy (non-hydrogen) atoms. The van der Waals surface area contributed by atoms with Gasteiger partial charge in [-0.15, -0.1) is 21.5 Å².